The van der Waals surface area contributed by atoms with E-state index in [1.54, 1.807) is 4.90 Å². The standard InChI is InChI=1S/C41H48N8O6/c1-22(2)34(46-40(52)54-5)38(50)48-16-7-8-32(48)36-42-21-31(45-36)28-12-11-24-18-25(9-10-26(24)19-28)27-13-14-29-30(20-27)44-37(43-29)33-15-17-49(33)39(51)35(23(3)4)47-41(53)55-6/h9-14,18-23,32-35H,7-8,15-17H2,1-6H3,(H,42,45)(H,43,44)(H,46,52)(H,47,53)/p+1/t32-,33-,34-,35-/m0/s1. The van der Waals surface area contributed by atoms with Crippen molar-refractivity contribution in [1.29, 1.82) is 0 Å². The monoisotopic (exact) mass is 749 g/mol. The lowest BCUT2D eigenvalue weighted by Gasteiger charge is -2.42. The van der Waals surface area contributed by atoms with E-state index in [4.69, 9.17) is 14.5 Å². The molecule has 0 spiro atoms. The molecule has 2 aliphatic heterocycles. The normalized spacial score (nSPS) is 18.0. The van der Waals surface area contributed by atoms with Crippen LogP contribution in [-0.2, 0) is 19.1 Å². The van der Waals surface area contributed by atoms with E-state index in [0.29, 0.717) is 13.1 Å². The van der Waals surface area contributed by atoms with Gasteiger partial charge in [0.15, 0.2) is 5.69 Å². The molecule has 4 amide bonds. The minimum Gasteiger partial charge on any atom is -0.453 e. The fourth-order valence-corrected chi connectivity index (χ4v) is 7.68. The Morgan fingerprint density at radius 1 is 0.745 bits per heavy atom. The molecule has 4 atom stereocenters. The highest BCUT2D eigenvalue weighted by Crippen LogP contribution is 2.36. The summed E-state index contributed by atoms with van der Waals surface area (Å²) in [5, 5.41) is 7.57. The second kappa shape index (κ2) is 15.4. The molecule has 288 valence electrons. The molecule has 14 heteroatoms. The summed E-state index contributed by atoms with van der Waals surface area (Å²) in [6.45, 7) is 8.81. The lowest BCUT2D eigenvalue weighted by molar-refractivity contribution is -0.393. The average Bonchev–Trinajstić information content (AvgIpc) is 3.94. The number of fused-ring (bicyclic) bond motifs is 2. The summed E-state index contributed by atoms with van der Waals surface area (Å²) in [5.41, 5.74) is 5.74. The number of H-pyrrole nitrogens is 3. The number of hydrogen-bond acceptors (Lipinski definition) is 7. The third-order valence-electron chi connectivity index (χ3n) is 10.9. The van der Waals surface area contributed by atoms with Crippen LogP contribution in [0.15, 0.2) is 60.8 Å². The highest BCUT2D eigenvalue weighted by atomic mass is 16.5. The number of rotatable bonds is 10. The van der Waals surface area contributed by atoms with Crippen molar-refractivity contribution in [2.24, 2.45) is 11.8 Å². The van der Waals surface area contributed by atoms with Crippen LogP contribution in [0.2, 0.25) is 0 Å². The fraction of sp³-hybridized carbons (Fsp3) is 0.415. The predicted molar refractivity (Wildman–Crippen MR) is 206 cm³/mol. The summed E-state index contributed by atoms with van der Waals surface area (Å²) < 4.78 is 9.51. The zero-order valence-corrected chi connectivity index (χ0v) is 32.1. The minimum absolute atomic E-state index is 0.0970. The van der Waals surface area contributed by atoms with Crippen molar-refractivity contribution in [3.8, 4) is 22.4 Å². The smallest absolute Gasteiger partial charge is 0.407 e. The highest BCUT2D eigenvalue weighted by molar-refractivity contribution is 5.92. The van der Waals surface area contributed by atoms with Crippen LogP contribution in [-0.4, -0.2) is 88.1 Å². The molecule has 0 aliphatic carbocycles. The molecule has 5 aromatic rings. The largest absolute Gasteiger partial charge is 0.453 e. The summed E-state index contributed by atoms with van der Waals surface area (Å²) in [6, 6.07) is 17.2. The topological polar surface area (TPSA) is 176 Å². The van der Waals surface area contributed by atoms with Gasteiger partial charge in [-0.25, -0.2) is 24.5 Å². The summed E-state index contributed by atoms with van der Waals surface area (Å²) in [5.74, 6) is 1.11. The van der Waals surface area contributed by atoms with Crippen LogP contribution in [0.3, 0.4) is 0 Å². The lowest BCUT2D eigenvalue weighted by Crippen LogP contribution is -2.56. The SMILES string of the molecule is COC(=O)N[C@H](C(=O)N1CC[C@H]1c1nc2ccc(-c3ccc4cc(-c5c[nH+]c([C@@H]6CCCN6C(=O)[C@@H](NC(=O)OC)C(C)C)[nH]5)ccc4c3)cc2[nH]1)C(C)C. The predicted octanol–water partition coefficient (Wildman–Crippen LogP) is 5.89. The Morgan fingerprint density at radius 2 is 1.33 bits per heavy atom. The summed E-state index contributed by atoms with van der Waals surface area (Å²) in [7, 11) is 2.58. The van der Waals surface area contributed by atoms with E-state index in [1.165, 1.54) is 14.2 Å². The van der Waals surface area contributed by atoms with Gasteiger partial charge in [0.1, 0.15) is 30.1 Å². The van der Waals surface area contributed by atoms with Crippen LogP contribution in [0.1, 0.15) is 70.7 Å². The van der Waals surface area contributed by atoms with Gasteiger partial charge in [0.2, 0.25) is 11.8 Å². The van der Waals surface area contributed by atoms with Crippen LogP contribution < -0.4 is 15.6 Å². The molecule has 14 nitrogen and oxygen atoms in total. The number of imidazole rings is 2. The maximum absolute atomic E-state index is 13.6. The van der Waals surface area contributed by atoms with Crippen molar-refractivity contribution in [1.82, 2.24) is 35.4 Å². The van der Waals surface area contributed by atoms with E-state index in [2.05, 4.69) is 74.1 Å². The number of hydrogen-bond donors (Lipinski definition) is 4. The molecule has 5 N–H and O–H groups in total. The molecule has 0 bridgehead atoms. The van der Waals surface area contributed by atoms with Crippen molar-refractivity contribution in [2.75, 3.05) is 27.3 Å². The number of nitrogens with one attached hydrogen (secondary N) is 5. The van der Waals surface area contributed by atoms with Gasteiger partial charge in [0, 0.05) is 18.7 Å². The number of likely N-dealkylation sites (tertiary alicyclic amines) is 2. The first kappa shape index (κ1) is 37.4. The number of carbonyl (C=O) groups is 4. The first-order valence-electron chi connectivity index (χ1n) is 18.9. The molecule has 0 radical (unpaired) electrons. The van der Waals surface area contributed by atoms with Crippen molar-refractivity contribution in [3.05, 3.63) is 72.4 Å². The molecule has 2 fully saturated rings. The van der Waals surface area contributed by atoms with E-state index in [9.17, 15) is 19.2 Å². The number of aromatic nitrogens is 4. The maximum atomic E-state index is 13.6. The molecule has 3 aromatic carbocycles. The van der Waals surface area contributed by atoms with Crippen molar-refractivity contribution in [2.45, 2.75) is 71.1 Å². The fourth-order valence-electron chi connectivity index (χ4n) is 7.68. The van der Waals surface area contributed by atoms with Gasteiger partial charge in [-0.3, -0.25) is 9.59 Å². The zero-order chi connectivity index (χ0) is 39.0. The van der Waals surface area contributed by atoms with Gasteiger partial charge in [0.05, 0.1) is 31.3 Å². The Morgan fingerprint density at radius 3 is 1.93 bits per heavy atom. The average molecular weight is 750 g/mol. The van der Waals surface area contributed by atoms with Gasteiger partial charge < -0.3 is 34.9 Å². The van der Waals surface area contributed by atoms with Crippen molar-refractivity contribution in [3.63, 3.8) is 0 Å². The van der Waals surface area contributed by atoms with Gasteiger partial charge in [-0.1, -0.05) is 52.0 Å². The Kier molecular flexibility index (Phi) is 10.5. The number of methoxy groups -OCH3 is 2. The van der Waals surface area contributed by atoms with E-state index in [1.807, 2.05) is 44.9 Å². The van der Waals surface area contributed by atoms with E-state index >= 15 is 0 Å². The molecule has 0 saturated carbocycles. The van der Waals surface area contributed by atoms with Crippen molar-refractivity contribution >= 4 is 45.8 Å². The van der Waals surface area contributed by atoms with E-state index in [0.717, 1.165) is 75.1 Å². The van der Waals surface area contributed by atoms with Gasteiger partial charge in [-0.05, 0) is 83.3 Å². The lowest BCUT2D eigenvalue weighted by atomic mass is 9.96. The molecular formula is C41H49N8O6+. The second-order valence-electron chi connectivity index (χ2n) is 15.1. The molecule has 2 saturated heterocycles. The molecule has 55 heavy (non-hydrogen) atoms. The maximum Gasteiger partial charge on any atom is 0.407 e. The Hall–Kier alpha value is -5.92. The number of carbonyl (C=O) groups excluding carboxylic acids is 4. The van der Waals surface area contributed by atoms with Crippen LogP contribution in [0.4, 0.5) is 9.59 Å². The van der Waals surface area contributed by atoms with Gasteiger partial charge >= 0.3 is 12.2 Å². The molecular weight excluding hydrogens is 701 g/mol. The zero-order valence-electron chi connectivity index (χ0n) is 32.1. The summed E-state index contributed by atoms with van der Waals surface area (Å²) >= 11 is 0. The third-order valence-corrected chi connectivity index (χ3v) is 10.9. The molecule has 4 heterocycles. The highest BCUT2D eigenvalue weighted by Gasteiger charge is 2.41. The van der Waals surface area contributed by atoms with E-state index < -0.39 is 24.3 Å². The van der Waals surface area contributed by atoms with Crippen LogP contribution in [0.25, 0.3) is 44.2 Å². The summed E-state index contributed by atoms with van der Waals surface area (Å²) in [6.07, 6.45) is 3.15. The summed E-state index contributed by atoms with van der Waals surface area (Å²) in [4.78, 5) is 69.7. The minimum atomic E-state index is -0.684. The van der Waals surface area contributed by atoms with Crippen LogP contribution >= 0.6 is 0 Å². The molecule has 0 unspecified atom stereocenters. The Bertz CT molecular complexity index is 2240. The van der Waals surface area contributed by atoms with Crippen molar-refractivity contribution < 1.29 is 33.6 Å². The van der Waals surface area contributed by atoms with E-state index in [-0.39, 0.29) is 35.7 Å². The quantitative estimate of drug-likeness (QED) is 0.138. The Labute approximate surface area is 319 Å². The number of aromatic amines is 3. The van der Waals surface area contributed by atoms with Crippen LogP contribution in [0, 0.1) is 11.8 Å². The first-order valence-corrected chi connectivity index (χ1v) is 18.9. The third kappa shape index (κ3) is 7.45. The first-order chi connectivity index (χ1) is 26.4. The van der Waals surface area contributed by atoms with Gasteiger partial charge in [-0.2, -0.15) is 0 Å². The number of nitrogens with zero attached hydrogens (tertiary/aromatic N) is 3. The van der Waals surface area contributed by atoms with Crippen LogP contribution in [0.5, 0.6) is 0 Å². The number of ether oxygens (including phenoxy) is 2. The van der Waals surface area contributed by atoms with Gasteiger partial charge in [0.25, 0.3) is 5.82 Å². The number of benzene rings is 3. The number of alkyl carbamates (subject to hydrolysis) is 2. The Balaban J connectivity index is 1.06. The number of amides is 4. The van der Waals surface area contributed by atoms with Gasteiger partial charge in [-0.15, -0.1) is 0 Å². The molecule has 2 aromatic heterocycles. The molecule has 7 rings (SSSR count). The second-order valence-corrected chi connectivity index (χ2v) is 15.1. The molecule has 2 aliphatic rings.